The van der Waals surface area contributed by atoms with Crippen molar-refractivity contribution < 1.29 is 24.1 Å². The molecule has 2 aromatic rings. The molecule has 2 atom stereocenters. The minimum atomic E-state index is -0.820. The number of amides is 1. The molecule has 0 heterocycles. The molecule has 0 aliphatic carbocycles. The molecule has 1 amide bonds. The summed E-state index contributed by atoms with van der Waals surface area (Å²) in [6, 6.07) is 12.0. The van der Waals surface area contributed by atoms with Crippen LogP contribution in [-0.2, 0) is 4.74 Å². The lowest BCUT2D eigenvalue weighted by Crippen LogP contribution is -2.22. The van der Waals surface area contributed by atoms with Gasteiger partial charge in [-0.3, -0.25) is 5.32 Å². The van der Waals surface area contributed by atoms with Crippen molar-refractivity contribution in [2.24, 2.45) is 5.92 Å². The quantitative estimate of drug-likeness (QED) is 0.730. The predicted molar refractivity (Wildman–Crippen MR) is 92.9 cm³/mol. The van der Waals surface area contributed by atoms with Gasteiger partial charge in [0.05, 0.1) is 11.6 Å². The molecule has 136 valence electrons. The minimum Gasteiger partial charge on any atom is -0.505 e. The first-order valence-corrected chi connectivity index (χ1v) is 8.01. The van der Waals surface area contributed by atoms with Crippen LogP contribution in [-0.4, -0.2) is 22.9 Å². The fourth-order valence-electron chi connectivity index (χ4n) is 2.46. The number of phenols is 1. The second-order valence-corrected chi connectivity index (χ2v) is 5.84. The van der Waals surface area contributed by atoms with E-state index in [9.17, 15) is 14.3 Å². The summed E-state index contributed by atoms with van der Waals surface area (Å²) < 4.78 is 19.1. The Morgan fingerprint density at radius 1 is 1.31 bits per heavy atom. The summed E-state index contributed by atoms with van der Waals surface area (Å²) in [6.07, 6.45) is -1.22. The van der Waals surface area contributed by atoms with E-state index >= 15 is 0 Å². The molecule has 0 spiro atoms. The van der Waals surface area contributed by atoms with Gasteiger partial charge in [-0.1, -0.05) is 13.0 Å². The fraction of sp³-hybridized carbons (Fsp3) is 0.263. The zero-order valence-corrected chi connectivity index (χ0v) is 14.1. The van der Waals surface area contributed by atoms with Crippen LogP contribution in [0.25, 0.3) is 0 Å². The smallest absolute Gasteiger partial charge is 0.412 e. The zero-order valence-electron chi connectivity index (χ0n) is 14.1. The van der Waals surface area contributed by atoms with E-state index in [1.807, 2.05) is 6.07 Å². The average molecular weight is 358 g/mol. The van der Waals surface area contributed by atoms with Crippen molar-refractivity contribution in [3.8, 4) is 11.8 Å². The Labute approximate surface area is 150 Å². The van der Waals surface area contributed by atoms with E-state index in [-0.39, 0.29) is 12.5 Å². The van der Waals surface area contributed by atoms with Crippen LogP contribution >= 0.6 is 0 Å². The van der Waals surface area contributed by atoms with Gasteiger partial charge in [0.15, 0.2) is 11.6 Å². The molecule has 2 aromatic carbocycles. The molecule has 0 bridgehead atoms. The van der Waals surface area contributed by atoms with Gasteiger partial charge in [-0.05, 0) is 54.3 Å². The standard InChI is InChI=1S/C19H19FN2O4/c1-12(8-9-23)18(14-4-7-17(24)16(20)10-14)26-19(25)22-15-5-2-13(11-21)3-6-15/h2-7,10,12,18,23-24H,8-9H2,1H3,(H,22,25)/t12-,18+/m1/s1. The summed E-state index contributed by atoms with van der Waals surface area (Å²) in [7, 11) is 0. The van der Waals surface area contributed by atoms with Crippen LogP contribution in [0.4, 0.5) is 14.9 Å². The summed E-state index contributed by atoms with van der Waals surface area (Å²) in [5.41, 5.74) is 1.27. The summed E-state index contributed by atoms with van der Waals surface area (Å²) in [4.78, 5) is 12.2. The van der Waals surface area contributed by atoms with Gasteiger partial charge in [0.2, 0.25) is 0 Å². The van der Waals surface area contributed by atoms with Crippen LogP contribution < -0.4 is 5.32 Å². The first-order valence-electron chi connectivity index (χ1n) is 8.01. The number of hydrogen-bond donors (Lipinski definition) is 3. The number of benzene rings is 2. The predicted octanol–water partition coefficient (Wildman–Crippen LogP) is 3.71. The molecule has 0 fully saturated rings. The molecule has 26 heavy (non-hydrogen) atoms. The third kappa shape index (κ3) is 4.94. The highest BCUT2D eigenvalue weighted by molar-refractivity contribution is 5.84. The third-order valence-corrected chi connectivity index (χ3v) is 3.90. The van der Waals surface area contributed by atoms with Crippen molar-refractivity contribution in [1.29, 1.82) is 5.26 Å². The summed E-state index contributed by atoms with van der Waals surface area (Å²) in [5, 5.41) is 29.8. The number of ether oxygens (including phenoxy) is 1. The first-order chi connectivity index (χ1) is 12.4. The molecule has 6 nitrogen and oxygen atoms in total. The van der Waals surface area contributed by atoms with Crippen molar-refractivity contribution in [3.05, 3.63) is 59.4 Å². The van der Waals surface area contributed by atoms with Crippen molar-refractivity contribution in [1.82, 2.24) is 0 Å². The maximum absolute atomic E-state index is 13.7. The molecule has 2 rings (SSSR count). The number of halogens is 1. The Balaban J connectivity index is 2.15. The lowest BCUT2D eigenvalue weighted by atomic mass is 9.94. The average Bonchev–Trinajstić information content (AvgIpc) is 2.63. The Bertz CT molecular complexity index is 802. The molecule has 0 unspecified atom stereocenters. The van der Waals surface area contributed by atoms with Gasteiger partial charge in [0, 0.05) is 12.3 Å². The third-order valence-electron chi connectivity index (χ3n) is 3.90. The maximum Gasteiger partial charge on any atom is 0.412 e. The fourth-order valence-corrected chi connectivity index (χ4v) is 2.46. The number of nitrogens with one attached hydrogen (secondary N) is 1. The van der Waals surface area contributed by atoms with E-state index < -0.39 is 23.8 Å². The van der Waals surface area contributed by atoms with Crippen LogP contribution in [0, 0.1) is 23.1 Å². The number of nitrogens with zero attached hydrogens (tertiary/aromatic N) is 1. The molecule has 0 radical (unpaired) electrons. The molecule has 0 saturated heterocycles. The van der Waals surface area contributed by atoms with E-state index in [0.29, 0.717) is 23.2 Å². The molecule has 0 saturated carbocycles. The monoisotopic (exact) mass is 358 g/mol. The number of anilines is 1. The number of carbonyl (C=O) groups excluding carboxylic acids is 1. The van der Waals surface area contributed by atoms with Gasteiger partial charge >= 0.3 is 6.09 Å². The molecule has 7 heteroatoms. The van der Waals surface area contributed by atoms with Crippen LogP contribution in [0.15, 0.2) is 42.5 Å². The largest absolute Gasteiger partial charge is 0.505 e. The maximum atomic E-state index is 13.7. The van der Waals surface area contributed by atoms with E-state index in [4.69, 9.17) is 15.1 Å². The van der Waals surface area contributed by atoms with Crippen molar-refractivity contribution in [2.75, 3.05) is 11.9 Å². The highest BCUT2D eigenvalue weighted by atomic mass is 19.1. The molecule has 0 aliphatic rings. The van der Waals surface area contributed by atoms with Crippen LogP contribution in [0.3, 0.4) is 0 Å². The molecular weight excluding hydrogens is 339 g/mol. The van der Waals surface area contributed by atoms with Crippen molar-refractivity contribution in [2.45, 2.75) is 19.4 Å². The number of carbonyl (C=O) groups is 1. The first kappa shape index (κ1) is 19.2. The number of hydrogen-bond acceptors (Lipinski definition) is 5. The SMILES string of the molecule is C[C@H](CCO)[C@H](OC(=O)Nc1ccc(C#N)cc1)c1ccc(O)c(F)c1. The van der Waals surface area contributed by atoms with Gasteiger partial charge in [0.25, 0.3) is 0 Å². The number of nitriles is 1. The second-order valence-electron chi connectivity index (χ2n) is 5.84. The van der Waals surface area contributed by atoms with Gasteiger partial charge in [-0.2, -0.15) is 5.26 Å². The Morgan fingerprint density at radius 3 is 2.58 bits per heavy atom. The van der Waals surface area contributed by atoms with Gasteiger partial charge in [0.1, 0.15) is 6.10 Å². The summed E-state index contributed by atoms with van der Waals surface area (Å²) >= 11 is 0. The summed E-state index contributed by atoms with van der Waals surface area (Å²) in [6.45, 7) is 1.65. The number of rotatable bonds is 6. The summed E-state index contributed by atoms with van der Waals surface area (Å²) in [5.74, 6) is -1.60. The lowest BCUT2D eigenvalue weighted by molar-refractivity contribution is 0.0665. The van der Waals surface area contributed by atoms with Gasteiger partial charge < -0.3 is 14.9 Å². The minimum absolute atomic E-state index is 0.112. The number of aromatic hydroxyl groups is 1. The van der Waals surface area contributed by atoms with Crippen LogP contribution in [0.2, 0.25) is 0 Å². The van der Waals surface area contributed by atoms with Crippen LogP contribution in [0.5, 0.6) is 5.75 Å². The Hall–Kier alpha value is -3.11. The van der Waals surface area contributed by atoms with Gasteiger partial charge in [-0.25, -0.2) is 9.18 Å². The number of phenolic OH excluding ortho intramolecular Hbond substituents is 1. The number of aliphatic hydroxyl groups excluding tert-OH is 1. The van der Waals surface area contributed by atoms with Crippen molar-refractivity contribution in [3.63, 3.8) is 0 Å². The Kier molecular flexibility index (Phi) is 6.53. The topological polar surface area (TPSA) is 103 Å². The van der Waals surface area contributed by atoms with E-state index in [1.165, 1.54) is 12.1 Å². The molecular formula is C19H19FN2O4. The van der Waals surface area contributed by atoms with Crippen LogP contribution in [0.1, 0.15) is 30.6 Å². The highest BCUT2D eigenvalue weighted by Gasteiger charge is 2.24. The molecule has 0 aliphatic heterocycles. The highest BCUT2D eigenvalue weighted by Crippen LogP contribution is 2.31. The molecule has 0 aromatic heterocycles. The zero-order chi connectivity index (χ0) is 19.1. The second kappa shape index (κ2) is 8.83. The number of aliphatic hydroxyl groups is 1. The molecule has 3 N–H and O–H groups in total. The van der Waals surface area contributed by atoms with E-state index in [2.05, 4.69) is 5.32 Å². The normalized spacial score (nSPS) is 12.7. The van der Waals surface area contributed by atoms with Gasteiger partial charge in [-0.15, -0.1) is 0 Å². The van der Waals surface area contributed by atoms with E-state index in [1.54, 1.807) is 31.2 Å². The van der Waals surface area contributed by atoms with E-state index in [0.717, 1.165) is 6.07 Å². The Morgan fingerprint density at radius 2 is 2.00 bits per heavy atom. The lowest BCUT2D eigenvalue weighted by Gasteiger charge is -2.24. The van der Waals surface area contributed by atoms with Crippen molar-refractivity contribution >= 4 is 11.8 Å².